The minimum atomic E-state index is 0.403. The maximum Gasteiger partial charge on any atom is 0.119 e. The van der Waals surface area contributed by atoms with Gasteiger partial charge in [-0.3, -0.25) is 0 Å². The van der Waals surface area contributed by atoms with Crippen molar-refractivity contribution in [2.75, 3.05) is 81.3 Å². The zero-order chi connectivity index (χ0) is 28.4. The maximum atomic E-state index is 5.91. The second-order valence-electron chi connectivity index (χ2n) is 8.77. The van der Waals surface area contributed by atoms with Gasteiger partial charge in [0.1, 0.15) is 11.5 Å². The van der Waals surface area contributed by atoms with Gasteiger partial charge in [-0.2, -0.15) is 0 Å². The molecule has 0 radical (unpaired) electrons. The number of nitrogens with zero attached hydrogens (tertiary/aromatic N) is 1. The Hall–Kier alpha value is -3.05. The molecule has 0 aliphatic carbocycles. The van der Waals surface area contributed by atoms with Gasteiger partial charge in [-0.1, -0.05) is 6.07 Å². The number of hydrogen-bond donors (Lipinski definition) is 0. The summed E-state index contributed by atoms with van der Waals surface area (Å²) < 4.78 is 43.8. The number of aromatic nitrogens is 1. The minimum absolute atomic E-state index is 0.403. The van der Waals surface area contributed by atoms with Crippen LogP contribution in [0.25, 0.3) is 22.5 Å². The molecular formula is C31H41NO8. The molecular weight excluding hydrogens is 514 g/mol. The Bertz CT molecular complexity index is 1060. The molecule has 1 heterocycles. The summed E-state index contributed by atoms with van der Waals surface area (Å²) in [4.78, 5) is 5.03. The van der Waals surface area contributed by atoms with Crippen molar-refractivity contribution in [1.29, 1.82) is 0 Å². The number of rotatable bonds is 20. The highest BCUT2D eigenvalue weighted by molar-refractivity contribution is 5.71. The number of ether oxygens (including phenoxy) is 8. The van der Waals surface area contributed by atoms with E-state index in [1.54, 1.807) is 28.4 Å². The molecule has 0 N–H and O–H groups in total. The van der Waals surface area contributed by atoms with Gasteiger partial charge in [0, 0.05) is 25.3 Å². The molecule has 40 heavy (non-hydrogen) atoms. The monoisotopic (exact) mass is 555 g/mol. The van der Waals surface area contributed by atoms with Crippen LogP contribution in [0.15, 0.2) is 54.6 Å². The minimum Gasteiger partial charge on any atom is -0.497 e. The van der Waals surface area contributed by atoms with E-state index in [0.29, 0.717) is 66.1 Å². The molecule has 9 nitrogen and oxygen atoms in total. The summed E-state index contributed by atoms with van der Waals surface area (Å²) in [5.41, 5.74) is 5.58. The number of benzene rings is 2. The summed E-state index contributed by atoms with van der Waals surface area (Å²) in [7, 11) is 6.61. The smallest absolute Gasteiger partial charge is 0.119 e. The van der Waals surface area contributed by atoms with E-state index in [-0.39, 0.29) is 0 Å². The zero-order valence-electron chi connectivity index (χ0n) is 24.0. The summed E-state index contributed by atoms with van der Waals surface area (Å²) in [6.07, 6.45) is 0. The highest BCUT2D eigenvalue weighted by atomic mass is 16.5. The Morgan fingerprint density at radius 1 is 0.500 bits per heavy atom. The summed E-state index contributed by atoms with van der Waals surface area (Å²) in [6, 6.07) is 17.9. The van der Waals surface area contributed by atoms with E-state index in [2.05, 4.69) is 0 Å². The van der Waals surface area contributed by atoms with E-state index in [1.165, 1.54) is 0 Å². The maximum absolute atomic E-state index is 5.91. The van der Waals surface area contributed by atoms with Gasteiger partial charge in [-0.15, -0.1) is 0 Å². The van der Waals surface area contributed by atoms with Crippen molar-refractivity contribution >= 4 is 0 Å². The molecule has 0 saturated heterocycles. The fraction of sp³-hybridized carbons (Fsp3) is 0.452. The van der Waals surface area contributed by atoms with Crippen LogP contribution in [-0.2, 0) is 41.6 Å². The average Bonchev–Trinajstić information content (AvgIpc) is 3.00. The van der Waals surface area contributed by atoms with Crippen LogP contribution in [0.3, 0.4) is 0 Å². The molecule has 0 amide bonds. The molecule has 0 fully saturated rings. The lowest BCUT2D eigenvalue weighted by Gasteiger charge is -2.15. The summed E-state index contributed by atoms with van der Waals surface area (Å²) in [5, 5.41) is 0. The largest absolute Gasteiger partial charge is 0.497 e. The number of pyridine rings is 1. The Morgan fingerprint density at radius 2 is 0.925 bits per heavy atom. The normalized spacial score (nSPS) is 11.1. The Balaban J connectivity index is 1.76. The van der Waals surface area contributed by atoms with Gasteiger partial charge in [0.2, 0.25) is 0 Å². The lowest BCUT2D eigenvalue weighted by molar-refractivity contribution is 0.0200. The van der Waals surface area contributed by atoms with Crippen molar-refractivity contribution in [2.24, 2.45) is 0 Å². The van der Waals surface area contributed by atoms with E-state index < -0.39 is 0 Å². The van der Waals surface area contributed by atoms with Crippen molar-refractivity contribution in [1.82, 2.24) is 4.98 Å². The predicted molar refractivity (Wildman–Crippen MR) is 153 cm³/mol. The first-order chi connectivity index (χ1) is 19.7. The van der Waals surface area contributed by atoms with Crippen LogP contribution in [0.5, 0.6) is 11.5 Å². The second kappa shape index (κ2) is 18.3. The summed E-state index contributed by atoms with van der Waals surface area (Å²) >= 11 is 0. The third kappa shape index (κ3) is 10.2. The Labute approximate surface area is 237 Å². The summed E-state index contributed by atoms with van der Waals surface area (Å²) in [5.74, 6) is 1.52. The lowest BCUT2D eigenvalue weighted by atomic mass is 10.0. The van der Waals surface area contributed by atoms with E-state index in [4.69, 9.17) is 42.9 Å². The van der Waals surface area contributed by atoms with Crippen molar-refractivity contribution in [3.63, 3.8) is 0 Å². The van der Waals surface area contributed by atoms with Gasteiger partial charge in [-0.25, -0.2) is 4.98 Å². The molecule has 218 valence electrons. The van der Waals surface area contributed by atoms with E-state index in [0.717, 1.165) is 45.1 Å². The van der Waals surface area contributed by atoms with E-state index in [9.17, 15) is 0 Å². The zero-order valence-corrected chi connectivity index (χ0v) is 24.0. The lowest BCUT2D eigenvalue weighted by Crippen LogP contribution is -2.09. The van der Waals surface area contributed by atoms with Crippen molar-refractivity contribution in [3.8, 4) is 34.0 Å². The van der Waals surface area contributed by atoms with Gasteiger partial charge in [0.15, 0.2) is 0 Å². The SMILES string of the molecule is COCCOCCOCc1cc(OC)ccc1-c1cccc(-c2ccc(OC)cc2COCCOCCOC)n1. The molecule has 0 saturated carbocycles. The molecule has 2 aromatic carbocycles. The highest BCUT2D eigenvalue weighted by Gasteiger charge is 2.13. The molecule has 3 rings (SSSR count). The average molecular weight is 556 g/mol. The third-order valence-corrected chi connectivity index (χ3v) is 6.05. The van der Waals surface area contributed by atoms with Crippen LogP contribution in [0.2, 0.25) is 0 Å². The van der Waals surface area contributed by atoms with Gasteiger partial charge >= 0.3 is 0 Å². The van der Waals surface area contributed by atoms with Crippen LogP contribution in [0, 0.1) is 0 Å². The first-order valence-electron chi connectivity index (χ1n) is 13.3. The summed E-state index contributed by atoms with van der Waals surface area (Å²) in [6.45, 7) is 4.96. The quantitative estimate of drug-likeness (QED) is 0.183. The number of methoxy groups -OCH3 is 4. The highest BCUT2D eigenvalue weighted by Crippen LogP contribution is 2.31. The third-order valence-electron chi connectivity index (χ3n) is 6.05. The molecule has 3 aromatic rings. The van der Waals surface area contributed by atoms with E-state index >= 15 is 0 Å². The van der Waals surface area contributed by atoms with Crippen molar-refractivity contribution < 1.29 is 37.9 Å². The van der Waals surface area contributed by atoms with Crippen molar-refractivity contribution in [2.45, 2.75) is 13.2 Å². The standard InChI is InChI=1S/C31H41NO8/c1-33-12-14-37-16-18-39-22-24-20-26(35-3)8-10-28(24)30-6-5-7-31(32-30)29-11-9-27(36-4)21-25(29)23-40-19-17-38-15-13-34-2/h5-11,20-21H,12-19,22-23H2,1-4H3. The molecule has 0 unspecified atom stereocenters. The Morgan fingerprint density at radius 3 is 1.35 bits per heavy atom. The van der Waals surface area contributed by atoms with Crippen LogP contribution >= 0.6 is 0 Å². The van der Waals surface area contributed by atoms with Crippen LogP contribution in [0.1, 0.15) is 11.1 Å². The predicted octanol–water partition coefficient (Wildman–Crippen LogP) is 4.79. The molecule has 9 heteroatoms. The van der Waals surface area contributed by atoms with Crippen LogP contribution in [0.4, 0.5) is 0 Å². The molecule has 0 bridgehead atoms. The van der Waals surface area contributed by atoms with Crippen LogP contribution < -0.4 is 9.47 Å². The van der Waals surface area contributed by atoms with Crippen molar-refractivity contribution in [3.05, 3.63) is 65.7 Å². The Kier molecular flexibility index (Phi) is 14.4. The topological polar surface area (TPSA) is 86.7 Å². The molecule has 0 spiro atoms. The van der Waals surface area contributed by atoms with E-state index in [1.807, 2.05) is 54.6 Å². The second-order valence-corrected chi connectivity index (χ2v) is 8.77. The fourth-order valence-electron chi connectivity index (χ4n) is 3.96. The van der Waals surface area contributed by atoms with Gasteiger partial charge in [0.05, 0.1) is 91.7 Å². The molecule has 1 aromatic heterocycles. The number of hydrogen-bond acceptors (Lipinski definition) is 9. The molecule has 0 atom stereocenters. The van der Waals surface area contributed by atoms with Gasteiger partial charge < -0.3 is 37.9 Å². The molecule has 0 aliphatic rings. The fourth-order valence-corrected chi connectivity index (χ4v) is 3.96. The first kappa shape index (κ1) is 31.5. The first-order valence-corrected chi connectivity index (χ1v) is 13.3. The van der Waals surface area contributed by atoms with Gasteiger partial charge in [-0.05, 0) is 59.7 Å². The van der Waals surface area contributed by atoms with Crippen LogP contribution in [-0.4, -0.2) is 86.3 Å². The molecule has 0 aliphatic heterocycles. The van der Waals surface area contributed by atoms with Gasteiger partial charge in [0.25, 0.3) is 0 Å².